The van der Waals surface area contributed by atoms with Gasteiger partial charge in [-0.3, -0.25) is 9.59 Å². The van der Waals surface area contributed by atoms with Crippen molar-refractivity contribution in [3.8, 4) is 17.2 Å². The maximum Gasteiger partial charge on any atom is 0.329 e. The lowest BCUT2D eigenvalue weighted by atomic mass is 10.2. The molecule has 2 aromatic rings. The van der Waals surface area contributed by atoms with Crippen LogP contribution in [0.3, 0.4) is 0 Å². The molecule has 148 valence electrons. The number of rotatable bonds is 7. The second kappa shape index (κ2) is 10.5. The first-order valence-corrected chi connectivity index (χ1v) is 9.55. The lowest BCUT2D eigenvalue weighted by Gasteiger charge is -2.10. The number of phenols is 1. The lowest BCUT2D eigenvalue weighted by molar-refractivity contribution is -0.136. The number of aromatic hydroxyl groups is 1. The van der Waals surface area contributed by atoms with Gasteiger partial charge in [-0.25, -0.2) is 5.43 Å². The summed E-state index contributed by atoms with van der Waals surface area (Å²) < 4.78 is 11.3. The quantitative estimate of drug-likeness (QED) is 0.236. The summed E-state index contributed by atoms with van der Waals surface area (Å²) in [7, 11) is 0. The van der Waals surface area contributed by atoms with Gasteiger partial charge in [-0.15, -0.1) is 0 Å². The number of benzene rings is 2. The fourth-order valence-corrected chi connectivity index (χ4v) is 2.81. The monoisotopic (exact) mass is 497 g/mol. The molecule has 0 unspecified atom stereocenters. The molecule has 3 N–H and O–H groups in total. The summed E-state index contributed by atoms with van der Waals surface area (Å²) in [6.07, 6.45) is 1.35. The SMILES string of the molecule is CCOc1ccccc1NC(=O)C(=O)N/N=C\c1cc(I)c(O)c(OCC)c1. The van der Waals surface area contributed by atoms with E-state index in [1.165, 1.54) is 6.21 Å². The molecule has 0 aliphatic heterocycles. The highest BCUT2D eigenvalue weighted by atomic mass is 127. The largest absolute Gasteiger partial charge is 0.504 e. The molecule has 28 heavy (non-hydrogen) atoms. The number of carbonyl (C=O) groups excluding carboxylic acids is 2. The highest BCUT2D eigenvalue weighted by Crippen LogP contribution is 2.32. The van der Waals surface area contributed by atoms with E-state index in [1.54, 1.807) is 43.3 Å². The number of phenolic OH excluding ortho intramolecular Hbond substituents is 1. The zero-order chi connectivity index (χ0) is 20.5. The molecule has 0 aliphatic rings. The summed E-state index contributed by atoms with van der Waals surface area (Å²) in [5, 5.41) is 16.2. The molecule has 0 aliphatic carbocycles. The molecule has 0 atom stereocenters. The van der Waals surface area contributed by atoms with Gasteiger partial charge >= 0.3 is 11.8 Å². The molecule has 0 heterocycles. The van der Waals surface area contributed by atoms with Crippen LogP contribution >= 0.6 is 22.6 Å². The van der Waals surface area contributed by atoms with E-state index >= 15 is 0 Å². The summed E-state index contributed by atoms with van der Waals surface area (Å²) in [5.74, 6) is -0.985. The van der Waals surface area contributed by atoms with Crippen molar-refractivity contribution in [2.45, 2.75) is 13.8 Å². The molecule has 2 rings (SSSR count). The molecule has 8 nitrogen and oxygen atoms in total. The molecule has 9 heteroatoms. The van der Waals surface area contributed by atoms with Gasteiger partial charge < -0.3 is 19.9 Å². The topological polar surface area (TPSA) is 109 Å². The Bertz CT molecular complexity index is 886. The van der Waals surface area contributed by atoms with E-state index in [9.17, 15) is 14.7 Å². The van der Waals surface area contributed by atoms with Crippen LogP contribution in [0.4, 0.5) is 5.69 Å². The summed E-state index contributed by atoms with van der Waals surface area (Å²) in [5.41, 5.74) is 3.14. The van der Waals surface area contributed by atoms with Crippen molar-refractivity contribution < 1.29 is 24.2 Å². The van der Waals surface area contributed by atoms with Crippen LogP contribution in [0.1, 0.15) is 19.4 Å². The normalized spacial score (nSPS) is 10.5. The fraction of sp³-hybridized carbons (Fsp3) is 0.211. The van der Waals surface area contributed by atoms with Gasteiger partial charge in [0.05, 0.1) is 28.7 Å². The third kappa shape index (κ3) is 5.84. The van der Waals surface area contributed by atoms with Gasteiger partial charge in [-0.1, -0.05) is 12.1 Å². The second-order valence-corrected chi connectivity index (χ2v) is 6.53. The maximum absolute atomic E-state index is 12.0. The summed E-state index contributed by atoms with van der Waals surface area (Å²) in [6, 6.07) is 10.0. The van der Waals surface area contributed by atoms with E-state index in [0.29, 0.717) is 39.5 Å². The molecular formula is C19H20IN3O5. The van der Waals surface area contributed by atoms with Gasteiger partial charge in [0.25, 0.3) is 0 Å². The van der Waals surface area contributed by atoms with Crippen LogP contribution in [0.2, 0.25) is 0 Å². The van der Waals surface area contributed by atoms with E-state index in [0.717, 1.165) is 0 Å². The van der Waals surface area contributed by atoms with Gasteiger partial charge in [-0.05, 0) is 66.3 Å². The highest BCUT2D eigenvalue weighted by molar-refractivity contribution is 14.1. The number of halogens is 1. The minimum absolute atomic E-state index is 0.0379. The molecule has 0 spiro atoms. The standard InChI is InChI=1S/C19H20IN3O5/c1-3-27-15-8-6-5-7-14(15)22-18(25)19(26)23-21-11-12-9-13(20)17(24)16(10-12)28-4-2/h5-11,24H,3-4H2,1-2H3,(H,22,25)(H,23,26)/b21-11-. The molecule has 0 bridgehead atoms. The number of anilines is 1. The first-order valence-electron chi connectivity index (χ1n) is 8.47. The van der Waals surface area contributed by atoms with E-state index in [-0.39, 0.29) is 5.75 Å². The van der Waals surface area contributed by atoms with Gasteiger partial charge in [0, 0.05) is 0 Å². The number of nitrogens with one attached hydrogen (secondary N) is 2. The molecule has 2 amide bonds. The minimum Gasteiger partial charge on any atom is -0.504 e. The zero-order valence-corrected chi connectivity index (χ0v) is 17.5. The summed E-state index contributed by atoms with van der Waals surface area (Å²) in [6.45, 7) is 4.44. The van der Waals surface area contributed by atoms with Crippen LogP contribution in [0.5, 0.6) is 17.2 Å². The number of para-hydroxylation sites is 2. The Morgan fingerprint density at radius 2 is 1.79 bits per heavy atom. The molecule has 0 radical (unpaired) electrons. The average Bonchev–Trinajstić information content (AvgIpc) is 2.67. The molecule has 0 saturated heterocycles. The van der Waals surface area contributed by atoms with Crippen molar-refractivity contribution in [2.75, 3.05) is 18.5 Å². The first kappa shape index (κ1) is 21.5. The van der Waals surface area contributed by atoms with Gasteiger partial charge in [0.1, 0.15) is 5.75 Å². The predicted octanol–water partition coefficient (Wildman–Crippen LogP) is 2.88. The molecule has 0 saturated carbocycles. The summed E-state index contributed by atoms with van der Waals surface area (Å²) in [4.78, 5) is 24.0. The first-order chi connectivity index (χ1) is 13.5. The van der Waals surface area contributed by atoms with Gasteiger partial charge in [0.15, 0.2) is 11.5 Å². The van der Waals surface area contributed by atoms with E-state index in [1.807, 2.05) is 29.5 Å². The number of hydrogen-bond donors (Lipinski definition) is 3. The molecule has 0 aromatic heterocycles. The Balaban J connectivity index is 2.01. The zero-order valence-electron chi connectivity index (χ0n) is 15.4. The van der Waals surface area contributed by atoms with E-state index in [4.69, 9.17) is 9.47 Å². The predicted molar refractivity (Wildman–Crippen MR) is 114 cm³/mol. The van der Waals surface area contributed by atoms with Crippen LogP contribution in [-0.4, -0.2) is 36.3 Å². The van der Waals surface area contributed by atoms with Gasteiger partial charge in [0.2, 0.25) is 0 Å². The second-order valence-electron chi connectivity index (χ2n) is 5.36. The highest BCUT2D eigenvalue weighted by Gasteiger charge is 2.15. The molecule has 2 aromatic carbocycles. The fourth-order valence-electron chi connectivity index (χ4n) is 2.18. The van der Waals surface area contributed by atoms with Crippen LogP contribution in [-0.2, 0) is 9.59 Å². The van der Waals surface area contributed by atoms with Crippen molar-refractivity contribution in [3.05, 3.63) is 45.5 Å². The van der Waals surface area contributed by atoms with Crippen LogP contribution < -0.4 is 20.2 Å². The van der Waals surface area contributed by atoms with Crippen molar-refractivity contribution in [1.29, 1.82) is 0 Å². The minimum atomic E-state index is -0.930. The Hall–Kier alpha value is -2.82. The number of ether oxygens (including phenoxy) is 2. The van der Waals surface area contributed by atoms with Crippen LogP contribution in [0, 0.1) is 3.57 Å². The van der Waals surface area contributed by atoms with E-state index < -0.39 is 11.8 Å². The smallest absolute Gasteiger partial charge is 0.329 e. The number of carbonyl (C=O) groups is 2. The van der Waals surface area contributed by atoms with Crippen molar-refractivity contribution in [2.24, 2.45) is 5.10 Å². The van der Waals surface area contributed by atoms with E-state index in [2.05, 4.69) is 15.8 Å². The van der Waals surface area contributed by atoms with Crippen LogP contribution in [0.25, 0.3) is 0 Å². The average molecular weight is 497 g/mol. The van der Waals surface area contributed by atoms with Crippen molar-refractivity contribution in [3.63, 3.8) is 0 Å². The number of amides is 2. The third-order valence-electron chi connectivity index (χ3n) is 3.37. The number of hydrogen-bond acceptors (Lipinski definition) is 6. The maximum atomic E-state index is 12.0. The molecular weight excluding hydrogens is 477 g/mol. The third-order valence-corrected chi connectivity index (χ3v) is 4.19. The summed E-state index contributed by atoms with van der Waals surface area (Å²) >= 11 is 1.96. The van der Waals surface area contributed by atoms with Gasteiger partial charge in [-0.2, -0.15) is 5.10 Å². The van der Waals surface area contributed by atoms with Crippen molar-refractivity contribution >= 4 is 46.3 Å². The number of nitrogens with zero attached hydrogens (tertiary/aromatic N) is 1. The molecule has 0 fully saturated rings. The lowest BCUT2D eigenvalue weighted by Crippen LogP contribution is -2.32. The Labute approximate surface area is 176 Å². The Morgan fingerprint density at radius 1 is 1.11 bits per heavy atom. The Kier molecular flexibility index (Phi) is 8.05. The Morgan fingerprint density at radius 3 is 2.50 bits per heavy atom. The van der Waals surface area contributed by atoms with Crippen molar-refractivity contribution in [1.82, 2.24) is 5.43 Å². The number of hydrazone groups is 1. The van der Waals surface area contributed by atoms with Crippen LogP contribution in [0.15, 0.2) is 41.5 Å².